The molecule has 1 aliphatic heterocycles. The van der Waals surface area contributed by atoms with Gasteiger partial charge in [0.2, 0.25) is 5.91 Å². The van der Waals surface area contributed by atoms with Gasteiger partial charge in [-0.25, -0.2) is 0 Å². The smallest absolute Gasteiger partial charge is 0.244 e. The molecule has 0 aromatic heterocycles. The molecule has 1 aromatic carbocycles. The van der Waals surface area contributed by atoms with Gasteiger partial charge in [0.15, 0.2) is 0 Å². The molecule has 1 unspecified atom stereocenters. The maximum atomic E-state index is 12.0. The molecule has 0 spiro atoms. The molecule has 19 heavy (non-hydrogen) atoms. The van der Waals surface area contributed by atoms with Crippen LogP contribution in [0.25, 0.3) is 0 Å². The van der Waals surface area contributed by atoms with E-state index in [-0.39, 0.29) is 11.9 Å². The van der Waals surface area contributed by atoms with Crippen LogP contribution in [-0.4, -0.2) is 38.8 Å². The van der Waals surface area contributed by atoms with Gasteiger partial charge in [-0.2, -0.15) is 0 Å². The van der Waals surface area contributed by atoms with E-state index < -0.39 is 0 Å². The number of carbonyl (C=O) groups excluding carboxylic acids is 1. The number of nitrogens with one attached hydrogen (secondary N) is 1. The SMILES string of the molecule is CNC(=O)C1COCCN1c1cc(C)ccc1CN. The molecule has 5 heteroatoms. The van der Waals surface area contributed by atoms with Gasteiger partial charge in [-0.15, -0.1) is 0 Å². The highest BCUT2D eigenvalue weighted by molar-refractivity contribution is 5.85. The third kappa shape index (κ3) is 2.88. The van der Waals surface area contributed by atoms with Crippen molar-refractivity contribution in [2.75, 3.05) is 31.7 Å². The number of ether oxygens (including phenoxy) is 1. The van der Waals surface area contributed by atoms with Crippen molar-refractivity contribution in [3.8, 4) is 0 Å². The predicted molar refractivity (Wildman–Crippen MR) is 75.1 cm³/mol. The molecule has 0 saturated carbocycles. The number of morpholine rings is 1. The molecular formula is C14H21N3O2. The molecule has 1 aliphatic rings. The summed E-state index contributed by atoms with van der Waals surface area (Å²) in [4.78, 5) is 14.1. The van der Waals surface area contributed by atoms with Gasteiger partial charge in [-0.1, -0.05) is 12.1 Å². The van der Waals surface area contributed by atoms with Crippen LogP contribution in [0.4, 0.5) is 5.69 Å². The Morgan fingerprint density at radius 1 is 1.58 bits per heavy atom. The number of benzene rings is 1. The summed E-state index contributed by atoms with van der Waals surface area (Å²) >= 11 is 0. The number of nitrogens with two attached hydrogens (primary N) is 1. The van der Waals surface area contributed by atoms with E-state index in [1.54, 1.807) is 7.05 Å². The Bertz CT molecular complexity index is 462. The molecule has 5 nitrogen and oxygen atoms in total. The van der Waals surface area contributed by atoms with E-state index in [1.807, 2.05) is 19.1 Å². The number of likely N-dealkylation sites (N-methyl/N-ethyl adjacent to an activating group) is 1. The molecule has 0 aliphatic carbocycles. The second-order valence-corrected chi connectivity index (χ2v) is 4.73. The minimum Gasteiger partial charge on any atom is -0.377 e. The molecule has 1 saturated heterocycles. The Morgan fingerprint density at radius 2 is 2.37 bits per heavy atom. The van der Waals surface area contributed by atoms with Crippen LogP contribution in [0.3, 0.4) is 0 Å². The van der Waals surface area contributed by atoms with Gasteiger partial charge in [-0.05, 0) is 24.1 Å². The Hall–Kier alpha value is -1.59. The summed E-state index contributed by atoms with van der Waals surface area (Å²) in [6.45, 7) is 4.25. The van der Waals surface area contributed by atoms with E-state index in [0.29, 0.717) is 26.3 Å². The molecular weight excluding hydrogens is 242 g/mol. The summed E-state index contributed by atoms with van der Waals surface area (Å²) in [7, 11) is 1.65. The molecule has 104 valence electrons. The van der Waals surface area contributed by atoms with Gasteiger partial charge in [0.1, 0.15) is 6.04 Å². The third-order valence-corrected chi connectivity index (χ3v) is 3.45. The van der Waals surface area contributed by atoms with Crippen molar-refractivity contribution in [1.82, 2.24) is 5.32 Å². The van der Waals surface area contributed by atoms with Crippen molar-refractivity contribution in [3.63, 3.8) is 0 Å². The zero-order chi connectivity index (χ0) is 13.8. The number of hydrogen-bond acceptors (Lipinski definition) is 4. The summed E-state index contributed by atoms with van der Waals surface area (Å²) in [5.41, 5.74) is 9.06. The lowest BCUT2D eigenvalue weighted by atomic mass is 10.1. The van der Waals surface area contributed by atoms with Crippen molar-refractivity contribution in [1.29, 1.82) is 0 Å². The van der Waals surface area contributed by atoms with Crippen LogP contribution >= 0.6 is 0 Å². The summed E-state index contributed by atoms with van der Waals surface area (Å²) in [6.07, 6.45) is 0. The van der Waals surface area contributed by atoms with Crippen molar-refractivity contribution in [2.24, 2.45) is 5.73 Å². The Kier molecular flexibility index (Phi) is 4.39. The fourth-order valence-electron chi connectivity index (χ4n) is 2.39. The van der Waals surface area contributed by atoms with Crippen molar-refractivity contribution in [2.45, 2.75) is 19.5 Å². The minimum absolute atomic E-state index is 0.0239. The number of aryl methyl sites for hydroxylation is 1. The van der Waals surface area contributed by atoms with Crippen LogP contribution < -0.4 is 16.0 Å². The first kappa shape index (κ1) is 13.8. The van der Waals surface area contributed by atoms with Crippen molar-refractivity contribution >= 4 is 11.6 Å². The van der Waals surface area contributed by atoms with Gasteiger partial charge in [0, 0.05) is 25.8 Å². The number of anilines is 1. The van der Waals surface area contributed by atoms with Crippen molar-refractivity contribution in [3.05, 3.63) is 29.3 Å². The molecule has 2 rings (SSSR count). The molecule has 1 heterocycles. The van der Waals surface area contributed by atoms with Crippen LogP contribution in [0, 0.1) is 6.92 Å². The first-order valence-electron chi connectivity index (χ1n) is 6.53. The van der Waals surface area contributed by atoms with E-state index in [2.05, 4.69) is 16.3 Å². The molecule has 3 N–H and O–H groups in total. The highest BCUT2D eigenvalue weighted by Gasteiger charge is 2.30. The van der Waals surface area contributed by atoms with Crippen LogP contribution in [0.5, 0.6) is 0 Å². The maximum absolute atomic E-state index is 12.0. The topological polar surface area (TPSA) is 67.6 Å². The number of carbonyl (C=O) groups is 1. The second-order valence-electron chi connectivity index (χ2n) is 4.73. The van der Waals surface area contributed by atoms with Crippen LogP contribution in [0.15, 0.2) is 18.2 Å². The lowest BCUT2D eigenvalue weighted by Gasteiger charge is -2.37. The van der Waals surface area contributed by atoms with Gasteiger partial charge in [-0.3, -0.25) is 4.79 Å². The van der Waals surface area contributed by atoms with E-state index in [0.717, 1.165) is 16.8 Å². The fraction of sp³-hybridized carbons (Fsp3) is 0.500. The average Bonchev–Trinajstić information content (AvgIpc) is 2.46. The van der Waals surface area contributed by atoms with Gasteiger partial charge < -0.3 is 20.7 Å². The van der Waals surface area contributed by atoms with E-state index in [9.17, 15) is 4.79 Å². The summed E-state index contributed by atoms with van der Waals surface area (Å²) < 4.78 is 5.43. The Morgan fingerprint density at radius 3 is 3.05 bits per heavy atom. The van der Waals surface area contributed by atoms with Crippen molar-refractivity contribution < 1.29 is 9.53 Å². The molecule has 1 fully saturated rings. The van der Waals surface area contributed by atoms with E-state index in [1.165, 1.54) is 0 Å². The van der Waals surface area contributed by atoms with Gasteiger partial charge >= 0.3 is 0 Å². The molecule has 0 bridgehead atoms. The predicted octanol–water partition coefficient (Wildman–Crippen LogP) is 0.405. The highest BCUT2D eigenvalue weighted by atomic mass is 16.5. The van der Waals surface area contributed by atoms with E-state index >= 15 is 0 Å². The minimum atomic E-state index is -0.286. The molecule has 0 radical (unpaired) electrons. The highest BCUT2D eigenvalue weighted by Crippen LogP contribution is 2.25. The van der Waals surface area contributed by atoms with Crippen LogP contribution in [-0.2, 0) is 16.1 Å². The van der Waals surface area contributed by atoms with Crippen LogP contribution in [0.1, 0.15) is 11.1 Å². The number of amides is 1. The number of nitrogens with zero attached hydrogens (tertiary/aromatic N) is 1. The zero-order valence-electron chi connectivity index (χ0n) is 11.5. The maximum Gasteiger partial charge on any atom is 0.244 e. The summed E-state index contributed by atoms with van der Waals surface area (Å²) in [5.74, 6) is -0.0239. The zero-order valence-corrected chi connectivity index (χ0v) is 11.5. The van der Waals surface area contributed by atoms with Gasteiger partial charge in [0.25, 0.3) is 0 Å². The number of hydrogen-bond donors (Lipinski definition) is 2. The third-order valence-electron chi connectivity index (χ3n) is 3.45. The Labute approximate surface area is 113 Å². The van der Waals surface area contributed by atoms with Crippen LogP contribution in [0.2, 0.25) is 0 Å². The number of rotatable bonds is 3. The average molecular weight is 263 g/mol. The lowest BCUT2D eigenvalue weighted by Crippen LogP contribution is -2.53. The lowest BCUT2D eigenvalue weighted by molar-refractivity contribution is -0.124. The monoisotopic (exact) mass is 263 g/mol. The standard InChI is InChI=1S/C14H21N3O2/c1-10-3-4-11(8-15)12(7-10)17-5-6-19-9-13(17)14(18)16-2/h3-4,7,13H,5-6,8-9,15H2,1-2H3,(H,16,18). The second kappa shape index (κ2) is 6.04. The van der Waals surface area contributed by atoms with Gasteiger partial charge in [0.05, 0.1) is 13.2 Å². The quantitative estimate of drug-likeness (QED) is 0.828. The first-order valence-corrected chi connectivity index (χ1v) is 6.53. The molecule has 1 atom stereocenters. The fourth-order valence-corrected chi connectivity index (χ4v) is 2.39. The Balaban J connectivity index is 2.36. The first-order chi connectivity index (χ1) is 9.17. The molecule has 1 amide bonds. The van der Waals surface area contributed by atoms with E-state index in [4.69, 9.17) is 10.5 Å². The largest absolute Gasteiger partial charge is 0.377 e. The normalized spacial score (nSPS) is 19.3. The molecule has 1 aromatic rings. The summed E-state index contributed by atoms with van der Waals surface area (Å²) in [6, 6.07) is 5.87. The summed E-state index contributed by atoms with van der Waals surface area (Å²) in [5, 5.41) is 2.69.